The maximum Gasteiger partial charge on any atom is 0.297 e. The Labute approximate surface area is 221 Å². The second kappa shape index (κ2) is 11.6. The topological polar surface area (TPSA) is 105 Å². The molecule has 1 aliphatic rings. The highest BCUT2D eigenvalue weighted by Gasteiger charge is 2.45. The minimum Gasteiger partial charge on any atom is -0.349 e. The van der Waals surface area contributed by atoms with E-state index in [0.717, 1.165) is 11.1 Å². The van der Waals surface area contributed by atoms with Crippen LogP contribution in [-0.4, -0.2) is 56.9 Å². The Hall–Kier alpha value is -0.360. The molecule has 8 nitrogen and oxygen atoms in total. The lowest BCUT2D eigenvalue weighted by molar-refractivity contribution is -0.0912. The zero-order valence-corrected chi connectivity index (χ0v) is 23.8. The Morgan fingerprint density at radius 1 is 0.727 bits per heavy atom. The van der Waals surface area contributed by atoms with Crippen molar-refractivity contribution in [2.75, 3.05) is 15.6 Å². The Morgan fingerprint density at radius 3 is 1.36 bits per heavy atom. The molecule has 2 aromatic rings. The fourth-order valence-corrected chi connectivity index (χ4v) is 6.86. The molecule has 0 aliphatic carbocycles. The van der Waals surface area contributed by atoms with Crippen LogP contribution in [0.2, 0.25) is 0 Å². The van der Waals surface area contributed by atoms with E-state index in [2.05, 4.69) is 0 Å². The van der Waals surface area contributed by atoms with Crippen LogP contribution in [0.5, 0.6) is 0 Å². The van der Waals surface area contributed by atoms with Gasteiger partial charge in [0.05, 0.1) is 22.0 Å². The van der Waals surface area contributed by atoms with Crippen molar-refractivity contribution in [2.45, 2.75) is 48.1 Å². The zero-order valence-electron chi connectivity index (χ0n) is 17.9. The first kappa shape index (κ1) is 27.2. The van der Waals surface area contributed by atoms with E-state index in [9.17, 15) is 16.8 Å². The van der Waals surface area contributed by atoms with Crippen LogP contribution in [0.15, 0.2) is 58.3 Å². The van der Waals surface area contributed by atoms with Crippen LogP contribution in [0.25, 0.3) is 0 Å². The van der Waals surface area contributed by atoms with Gasteiger partial charge in [0.1, 0.15) is 19.0 Å². The molecular weight excluding hydrogens is 698 g/mol. The average molecular weight is 722 g/mol. The Balaban J connectivity index is 1.99. The summed E-state index contributed by atoms with van der Waals surface area (Å²) < 4.78 is 75.5. The van der Waals surface area contributed by atoms with Crippen molar-refractivity contribution in [3.05, 3.63) is 59.7 Å². The number of halogens is 2. The molecule has 0 spiro atoms. The summed E-state index contributed by atoms with van der Waals surface area (Å²) in [7, 11) is -8.48. The van der Waals surface area contributed by atoms with Gasteiger partial charge >= 0.3 is 0 Å². The van der Waals surface area contributed by atoms with Crippen molar-refractivity contribution in [1.82, 2.24) is 0 Å². The predicted molar refractivity (Wildman–Crippen MR) is 139 cm³/mol. The summed E-state index contributed by atoms with van der Waals surface area (Å²) in [6.07, 6.45) is -4.07. The SMILES string of the molecule is Cc1ccc(S(=O)(=O)O[C@H]2[C@H](OS(=O)(=O)c3ccc(C)cc3)[C@@H](CI)OCO[C@@H]2CI)cc1. The van der Waals surface area contributed by atoms with E-state index >= 15 is 0 Å². The number of hydrogen-bond acceptors (Lipinski definition) is 8. The first-order valence-electron chi connectivity index (χ1n) is 9.92. The van der Waals surface area contributed by atoms with E-state index in [4.69, 9.17) is 17.8 Å². The lowest BCUT2D eigenvalue weighted by Crippen LogP contribution is -2.49. The highest BCUT2D eigenvalue weighted by atomic mass is 127. The van der Waals surface area contributed by atoms with Crippen LogP contribution >= 0.6 is 45.2 Å². The molecule has 12 heteroatoms. The van der Waals surface area contributed by atoms with Gasteiger partial charge in [-0.25, -0.2) is 0 Å². The summed E-state index contributed by atoms with van der Waals surface area (Å²) >= 11 is 4.06. The number of ether oxygens (including phenoxy) is 2. The lowest BCUT2D eigenvalue weighted by Gasteiger charge is -2.31. The van der Waals surface area contributed by atoms with E-state index in [1.807, 2.05) is 59.0 Å². The van der Waals surface area contributed by atoms with E-state index in [-0.39, 0.29) is 16.6 Å². The molecule has 0 N–H and O–H groups in total. The Morgan fingerprint density at radius 2 is 1.06 bits per heavy atom. The van der Waals surface area contributed by atoms with E-state index in [0.29, 0.717) is 8.86 Å². The second-order valence-corrected chi connectivity index (χ2v) is 12.4. The molecule has 182 valence electrons. The van der Waals surface area contributed by atoms with Crippen molar-refractivity contribution >= 4 is 65.4 Å². The number of alkyl halides is 2. The van der Waals surface area contributed by atoms with Gasteiger partial charge in [-0.15, -0.1) is 0 Å². The highest BCUT2D eigenvalue weighted by molar-refractivity contribution is 14.1. The quantitative estimate of drug-likeness (QED) is 0.231. The molecule has 3 rings (SSSR count). The normalized spacial score (nSPS) is 24.4. The van der Waals surface area contributed by atoms with Gasteiger partial charge in [-0.1, -0.05) is 80.6 Å². The summed E-state index contributed by atoms with van der Waals surface area (Å²) in [6.45, 7) is 3.53. The number of hydrogen-bond donors (Lipinski definition) is 0. The van der Waals surface area contributed by atoms with Crippen LogP contribution < -0.4 is 0 Å². The number of benzene rings is 2. The highest BCUT2D eigenvalue weighted by Crippen LogP contribution is 2.30. The van der Waals surface area contributed by atoms with E-state index in [1.165, 1.54) is 24.3 Å². The summed E-state index contributed by atoms with van der Waals surface area (Å²) in [5.74, 6) is 0. The minimum absolute atomic E-state index is 0.0448. The van der Waals surface area contributed by atoms with Gasteiger partial charge in [0, 0.05) is 8.86 Å². The molecule has 0 amide bonds. The molecule has 0 radical (unpaired) electrons. The predicted octanol–water partition coefficient (Wildman–Crippen LogP) is 3.76. The maximum atomic E-state index is 13.1. The van der Waals surface area contributed by atoms with Gasteiger partial charge in [0.2, 0.25) is 0 Å². The fraction of sp³-hybridized carbons (Fsp3) is 0.429. The maximum absolute atomic E-state index is 13.1. The summed E-state index contributed by atoms with van der Waals surface area (Å²) in [6, 6.07) is 12.4. The van der Waals surface area contributed by atoms with Crippen molar-refractivity contribution in [2.24, 2.45) is 0 Å². The largest absolute Gasteiger partial charge is 0.349 e. The molecule has 0 aromatic heterocycles. The van der Waals surface area contributed by atoms with Crippen molar-refractivity contribution in [3.8, 4) is 0 Å². The van der Waals surface area contributed by atoms with E-state index in [1.54, 1.807) is 24.3 Å². The summed E-state index contributed by atoms with van der Waals surface area (Å²) in [4.78, 5) is -0.0896. The van der Waals surface area contributed by atoms with Crippen LogP contribution in [-0.2, 0) is 38.1 Å². The molecule has 2 aromatic carbocycles. The molecular formula is C21H24I2O8S2. The van der Waals surface area contributed by atoms with Gasteiger partial charge in [-0.2, -0.15) is 16.8 Å². The lowest BCUT2D eigenvalue weighted by atomic mass is 10.1. The third-order valence-corrected chi connectivity index (χ3v) is 9.41. The van der Waals surface area contributed by atoms with Crippen molar-refractivity contribution < 1.29 is 34.7 Å². The second-order valence-electron chi connectivity index (χ2n) is 7.49. The molecule has 4 atom stereocenters. The van der Waals surface area contributed by atoms with Crippen LogP contribution in [0.1, 0.15) is 11.1 Å². The van der Waals surface area contributed by atoms with Gasteiger partial charge < -0.3 is 9.47 Å². The minimum atomic E-state index is -4.24. The molecule has 1 saturated heterocycles. The summed E-state index contributed by atoms with van der Waals surface area (Å²) in [5.41, 5.74) is 1.78. The standard InChI is InChI=1S/C21H24I2O8S2/c1-14-3-7-16(8-4-14)32(24,25)30-20-18(11-22)28-13-29-19(12-23)21(20)31-33(26,27)17-9-5-15(2)6-10-17/h3-10,18-21H,11-13H2,1-2H3/t18-,19-,20-,21-/m1/s1. The molecule has 33 heavy (non-hydrogen) atoms. The third kappa shape index (κ3) is 6.86. The van der Waals surface area contributed by atoms with Crippen LogP contribution in [0.3, 0.4) is 0 Å². The Bertz CT molecular complexity index is 1040. The zero-order chi connectivity index (χ0) is 24.2. The fourth-order valence-electron chi connectivity index (χ4n) is 3.14. The van der Waals surface area contributed by atoms with Gasteiger partial charge in [-0.3, -0.25) is 8.37 Å². The van der Waals surface area contributed by atoms with Crippen LogP contribution in [0.4, 0.5) is 0 Å². The third-order valence-electron chi connectivity index (χ3n) is 5.02. The van der Waals surface area contributed by atoms with Crippen molar-refractivity contribution in [3.63, 3.8) is 0 Å². The molecule has 1 fully saturated rings. The molecule has 0 unspecified atom stereocenters. The molecule has 1 heterocycles. The van der Waals surface area contributed by atoms with E-state index < -0.39 is 44.7 Å². The van der Waals surface area contributed by atoms with Gasteiger partial charge in [0.25, 0.3) is 20.2 Å². The van der Waals surface area contributed by atoms with Gasteiger partial charge in [0.15, 0.2) is 0 Å². The monoisotopic (exact) mass is 722 g/mol. The van der Waals surface area contributed by atoms with Gasteiger partial charge in [-0.05, 0) is 38.1 Å². The average Bonchev–Trinajstić information content (AvgIpc) is 2.92. The molecule has 1 aliphatic heterocycles. The smallest absolute Gasteiger partial charge is 0.297 e. The molecule has 0 saturated carbocycles. The van der Waals surface area contributed by atoms with Crippen LogP contribution in [0, 0.1) is 13.8 Å². The number of rotatable bonds is 8. The first-order valence-corrected chi connectivity index (χ1v) is 15.8. The summed E-state index contributed by atoms with van der Waals surface area (Å²) in [5, 5.41) is 0. The van der Waals surface area contributed by atoms with Crippen molar-refractivity contribution in [1.29, 1.82) is 0 Å². The Kier molecular flexibility index (Phi) is 9.56. The first-order chi connectivity index (χ1) is 15.6. The molecule has 0 bridgehead atoms. The number of aryl methyl sites for hydroxylation is 2.